The minimum absolute atomic E-state index is 0.0693. The molecule has 0 heterocycles. The summed E-state index contributed by atoms with van der Waals surface area (Å²) in [6.07, 6.45) is 0. The van der Waals surface area contributed by atoms with Crippen molar-refractivity contribution in [3.63, 3.8) is 0 Å². The van der Waals surface area contributed by atoms with Crippen LogP contribution >= 0.6 is 0 Å². The normalized spacial score (nSPS) is 11.2. The number of carbonyl (C=O) groups is 1. The second-order valence-electron chi connectivity index (χ2n) is 4.23. The van der Waals surface area contributed by atoms with Gasteiger partial charge in [-0.3, -0.25) is 4.79 Å². The van der Waals surface area contributed by atoms with E-state index in [0.717, 1.165) is 0 Å². The summed E-state index contributed by atoms with van der Waals surface area (Å²) < 4.78 is 0. The van der Waals surface area contributed by atoms with Crippen LogP contribution < -0.4 is 11.2 Å². The highest BCUT2D eigenvalue weighted by molar-refractivity contribution is 6.17. The Morgan fingerprint density at radius 1 is 1.10 bits per heavy atom. The predicted octanol–water partition coefficient (Wildman–Crippen LogP) is 1.86. The van der Waals surface area contributed by atoms with Gasteiger partial charge in [-0.15, -0.1) is 0 Å². The first kappa shape index (κ1) is 13.6. The molecule has 102 valence electrons. The fourth-order valence-corrected chi connectivity index (χ4v) is 1.79. The lowest BCUT2D eigenvalue weighted by atomic mass is 10.00. The zero-order chi connectivity index (χ0) is 14.5. The van der Waals surface area contributed by atoms with Crippen LogP contribution in [0.4, 0.5) is 5.69 Å². The number of phenols is 1. The zero-order valence-corrected chi connectivity index (χ0v) is 11.0. The number of nitrogens with one attached hydrogen (secondary N) is 1. The summed E-state index contributed by atoms with van der Waals surface area (Å²) >= 11 is 0. The Hall–Kier alpha value is -2.82. The molecule has 5 heteroatoms. The van der Waals surface area contributed by atoms with Crippen LogP contribution in [0.3, 0.4) is 0 Å². The molecule has 20 heavy (non-hydrogen) atoms. The number of nitrogens with zero attached hydrogens (tertiary/aromatic N) is 1. The summed E-state index contributed by atoms with van der Waals surface area (Å²) in [6.45, 7) is 1.36. The number of nitrogen functional groups attached to an aromatic ring is 1. The van der Waals surface area contributed by atoms with Gasteiger partial charge in [-0.1, -0.05) is 30.3 Å². The second-order valence-corrected chi connectivity index (χ2v) is 4.23. The van der Waals surface area contributed by atoms with E-state index in [2.05, 4.69) is 10.5 Å². The van der Waals surface area contributed by atoms with Crippen molar-refractivity contribution < 1.29 is 9.90 Å². The van der Waals surface area contributed by atoms with Gasteiger partial charge in [0.2, 0.25) is 5.91 Å². The van der Waals surface area contributed by atoms with Crippen molar-refractivity contribution in [2.75, 3.05) is 5.73 Å². The van der Waals surface area contributed by atoms with Gasteiger partial charge >= 0.3 is 0 Å². The van der Waals surface area contributed by atoms with Crippen LogP contribution in [0, 0.1) is 0 Å². The van der Waals surface area contributed by atoms with E-state index in [0.29, 0.717) is 22.5 Å². The average Bonchev–Trinajstić information content (AvgIpc) is 2.42. The van der Waals surface area contributed by atoms with Crippen LogP contribution in [0.25, 0.3) is 0 Å². The number of aromatic hydroxyl groups is 1. The van der Waals surface area contributed by atoms with Gasteiger partial charge in [-0.2, -0.15) is 5.10 Å². The lowest BCUT2D eigenvalue weighted by molar-refractivity contribution is -0.118. The smallest absolute Gasteiger partial charge is 0.236 e. The van der Waals surface area contributed by atoms with Crippen molar-refractivity contribution in [1.82, 2.24) is 5.43 Å². The Morgan fingerprint density at radius 2 is 1.70 bits per heavy atom. The molecule has 0 atom stereocenters. The van der Waals surface area contributed by atoms with E-state index in [9.17, 15) is 9.90 Å². The van der Waals surface area contributed by atoms with Crippen LogP contribution in [0.5, 0.6) is 5.75 Å². The lowest BCUT2D eigenvalue weighted by Gasteiger charge is -2.11. The Bertz CT molecular complexity index is 618. The van der Waals surface area contributed by atoms with Crippen molar-refractivity contribution >= 4 is 17.3 Å². The molecule has 5 nitrogen and oxygen atoms in total. The van der Waals surface area contributed by atoms with E-state index in [1.54, 1.807) is 42.5 Å². The average molecular weight is 269 g/mol. The quantitative estimate of drug-likeness (QED) is 0.451. The minimum Gasteiger partial charge on any atom is -0.507 e. The molecule has 0 aliphatic rings. The van der Waals surface area contributed by atoms with Crippen LogP contribution in [-0.4, -0.2) is 16.7 Å². The molecule has 0 fully saturated rings. The van der Waals surface area contributed by atoms with Crippen LogP contribution in [-0.2, 0) is 4.79 Å². The van der Waals surface area contributed by atoms with Crippen molar-refractivity contribution in [3.05, 3.63) is 59.7 Å². The Morgan fingerprint density at radius 3 is 2.30 bits per heavy atom. The topological polar surface area (TPSA) is 87.7 Å². The number of rotatable bonds is 3. The third kappa shape index (κ3) is 2.95. The first-order valence-electron chi connectivity index (χ1n) is 6.07. The van der Waals surface area contributed by atoms with Crippen LogP contribution in [0.1, 0.15) is 18.1 Å². The zero-order valence-electron chi connectivity index (χ0n) is 11.0. The van der Waals surface area contributed by atoms with E-state index < -0.39 is 0 Å². The maximum atomic E-state index is 11.1. The number of para-hydroxylation sites is 2. The van der Waals surface area contributed by atoms with Gasteiger partial charge in [0.1, 0.15) is 11.5 Å². The molecule has 4 N–H and O–H groups in total. The molecule has 0 spiro atoms. The number of phenolic OH excluding ortho intramolecular Hbond substituents is 1. The molecular formula is C15H15N3O2. The standard InChI is InChI=1S/C15H15N3O2/c1-10(19)17-18-15(11-6-2-4-8-13(11)16)12-7-3-5-9-14(12)20/h2-9,20H,16H2,1H3,(H,17,19)/b18-15-. The van der Waals surface area contributed by atoms with Gasteiger partial charge in [0.05, 0.1) is 0 Å². The minimum atomic E-state index is -0.299. The molecule has 2 aromatic carbocycles. The molecule has 0 radical (unpaired) electrons. The van der Waals surface area contributed by atoms with E-state index in [1.807, 2.05) is 6.07 Å². The number of hydrogen-bond acceptors (Lipinski definition) is 4. The molecule has 0 aliphatic carbocycles. The van der Waals surface area contributed by atoms with Gasteiger partial charge in [0.25, 0.3) is 0 Å². The van der Waals surface area contributed by atoms with Crippen molar-refractivity contribution in [2.45, 2.75) is 6.92 Å². The summed E-state index contributed by atoms with van der Waals surface area (Å²) in [5, 5.41) is 14.0. The van der Waals surface area contributed by atoms with E-state index in [1.165, 1.54) is 6.92 Å². The highest BCUT2D eigenvalue weighted by Gasteiger charge is 2.14. The molecule has 0 aliphatic heterocycles. The van der Waals surface area contributed by atoms with Crippen LogP contribution in [0.2, 0.25) is 0 Å². The largest absolute Gasteiger partial charge is 0.507 e. The number of benzene rings is 2. The molecule has 0 aromatic heterocycles. The van der Waals surface area contributed by atoms with Crippen molar-refractivity contribution in [3.8, 4) is 5.75 Å². The fourth-order valence-electron chi connectivity index (χ4n) is 1.79. The Kier molecular flexibility index (Phi) is 4.00. The first-order valence-corrected chi connectivity index (χ1v) is 6.07. The number of hydrazone groups is 1. The first-order chi connectivity index (χ1) is 9.59. The SMILES string of the molecule is CC(=O)N/N=C(/c1ccccc1N)c1ccccc1O. The highest BCUT2D eigenvalue weighted by atomic mass is 16.3. The van der Waals surface area contributed by atoms with Gasteiger partial charge in [0.15, 0.2) is 0 Å². The third-order valence-corrected chi connectivity index (χ3v) is 2.70. The number of nitrogens with two attached hydrogens (primary N) is 1. The maximum Gasteiger partial charge on any atom is 0.236 e. The summed E-state index contributed by atoms with van der Waals surface area (Å²) in [5.74, 6) is -0.229. The van der Waals surface area contributed by atoms with Gasteiger partial charge in [-0.05, 0) is 18.2 Å². The predicted molar refractivity (Wildman–Crippen MR) is 78.4 cm³/mol. The molecule has 1 amide bonds. The summed E-state index contributed by atoms with van der Waals surface area (Å²) in [6, 6.07) is 13.9. The van der Waals surface area contributed by atoms with Crippen LogP contribution in [0.15, 0.2) is 53.6 Å². The van der Waals surface area contributed by atoms with E-state index in [4.69, 9.17) is 5.73 Å². The van der Waals surface area contributed by atoms with Gasteiger partial charge in [0, 0.05) is 23.7 Å². The molecule has 0 unspecified atom stereocenters. The molecule has 2 aromatic rings. The third-order valence-electron chi connectivity index (χ3n) is 2.70. The molecule has 0 bridgehead atoms. The Balaban J connectivity index is 2.57. The number of anilines is 1. The summed E-state index contributed by atoms with van der Waals surface area (Å²) in [4.78, 5) is 11.1. The van der Waals surface area contributed by atoms with Gasteiger partial charge < -0.3 is 10.8 Å². The number of hydrogen-bond donors (Lipinski definition) is 3. The lowest BCUT2D eigenvalue weighted by Crippen LogP contribution is -2.18. The van der Waals surface area contributed by atoms with Gasteiger partial charge in [-0.25, -0.2) is 5.43 Å². The number of amides is 1. The maximum absolute atomic E-state index is 11.1. The monoisotopic (exact) mass is 269 g/mol. The summed E-state index contributed by atoms with van der Waals surface area (Å²) in [5.41, 5.74) is 10.4. The number of carbonyl (C=O) groups excluding carboxylic acids is 1. The molecular weight excluding hydrogens is 254 g/mol. The summed E-state index contributed by atoms with van der Waals surface area (Å²) in [7, 11) is 0. The van der Waals surface area contributed by atoms with E-state index in [-0.39, 0.29) is 11.7 Å². The van der Waals surface area contributed by atoms with Crippen molar-refractivity contribution in [2.24, 2.45) is 5.10 Å². The molecule has 0 saturated heterocycles. The van der Waals surface area contributed by atoms with E-state index >= 15 is 0 Å². The second kappa shape index (κ2) is 5.88. The molecule has 2 rings (SSSR count). The van der Waals surface area contributed by atoms with Crippen molar-refractivity contribution in [1.29, 1.82) is 0 Å². The Labute approximate surface area is 116 Å². The highest BCUT2D eigenvalue weighted by Crippen LogP contribution is 2.23. The molecule has 0 saturated carbocycles. The fraction of sp³-hybridized carbons (Fsp3) is 0.0667.